The molecule has 0 heterocycles. The zero-order chi connectivity index (χ0) is 14.8. The van der Waals surface area contributed by atoms with Crippen molar-refractivity contribution in [1.29, 1.82) is 0 Å². The lowest BCUT2D eigenvalue weighted by Gasteiger charge is -2.23. The van der Waals surface area contributed by atoms with E-state index in [-0.39, 0.29) is 0 Å². The quantitative estimate of drug-likeness (QED) is 0.665. The molecule has 0 atom stereocenters. The van der Waals surface area contributed by atoms with Gasteiger partial charge >= 0.3 is 5.69 Å². The SMILES string of the molecule is CCC(C)(C)NS(=O)(=O)c1cccc(F)c1[N+](=O)[O-]. The van der Waals surface area contributed by atoms with Crippen LogP contribution < -0.4 is 4.72 Å². The molecule has 1 aromatic rings. The smallest absolute Gasteiger partial charge is 0.258 e. The Morgan fingerprint density at radius 2 is 2.00 bits per heavy atom. The van der Waals surface area contributed by atoms with Crippen molar-refractivity contribution in [3.8, 4) is 0 Å². The van der Waals surface area contributed by atoms with Crippen molar-refractivity contribution in [2.75, 3.05) is 0 Å². The Morgan fingerprint density at radius 3 is 2.47 bits per heavy atom. The van der Waals surface area contributed by atoms with Crippen molar-refractivity contribution in [3.05, 3.63) is 34.1 Å². The van der Waals surface area contributed by atoms with Crippen LogP contribution in [0.25, 0.3) is 0 Å². The molecule has 0 fully saturated rings. The van der Waals surface area contributed by atoms with Gasteiger partial charge in [-0.3, -0.25) is 10.1 Å². The number of nitro groups is 1. The van der Waals surface area contributed by atoms with Gasteiger partial charge in [0.15, 0.2) is 4.90 Å². The third-order valence-corrected chi connectivity index (χ3v) is 4.45. The van der Waals surface area contributed by atoms with Gasteiger partial charge < -0.3 is 0 Å². The molecule has 0 amide bonds. The van der Waals surface area contributed by atoms with Crippen molar-refractivity contribution < 1.29 is 17.7 Å². The first kappa shape index (κ1) is 15.5. The van der Waals surface area contributed by atoms with E-state index in [2.05, 4.69) is 4.72 Å². The summed E-state index contributed by atoms with van der Waals surface area (Å²) in [4.78, 5) is 9.09. The minimum absolute atomic E-state index is 0.481. The van der Waals surface area contributed by atoms with Crippen molar-refractivity contribution in [2.45, 2.75) is 37.6 Å². The Hall–Kier alpha value is -1.54. The highest BCUT2D eigenvalue weighted by molar-refractivity contribution is 7.89. The maximum Gasteiger partial charge on any atom is 0.324 e. The lowest BCUT2D eigenvalue weighted by Crippen LogP contribution is -2.42. The molecule has 1 rings (SSSR count). The first-order valence-electron chi connectivity index (χ1n) is 5.57. The molecule has 0 aliphatic heterocycles. The molecule has 0 unspecified atom stereocenters. The normalized spacial score (nSPS) is 12.4. The second-order valence-corrected chi connectivity index (χ2v) is 6.34. The van der Waals surface area contributed by atoms with Gasteiger partial charge in [-0.1, -0.05) is 13.0 Å². The van der Waals surface area contributed by atoms with Crippen LogP contribution in [-0.4, -0.2) is 18.9 Å². The fourth-order valence-electron chi connectivity index (χ4n) is 1.38. The molecule has 6 nitrogen and oxygen atoms in total. The molecule has 8 heteroatoms. The summed E-state index contributed by atoms with van der Waals surface area (Å²) in [5, 5.41) is 10.8. The minimum Gasteiger partial charge on any atom is -0.258 e. The van der Waals surface area contributed by atoms with Gasteiger partial charge in [0.2, 0.25) is 15.8 Å². The summed E-state index contributed by atoms with van der Waals surface area (Å²) in [5.41, 5.74) is -1.82. The number of sulfonamides is 1. The molecule has 1 aromatic carbocycles. The molecular weight excluding hydrogens is 275 g/mol. The van der Waals surface area contributed by atoms with E-state index in [9.17, 15) is 22.9 Å². The van der Waals surface area contributed by atoms with Crippen LogP contribution in [0.5, 0.6) is 0 Å². The van der Waals surface area contributed by atoms with Crippen LogP contribution in [0.15, 0.2) is 23.1 Å². The number of hydrogen-bond acceptors (Lipinski definition) is 4. The van der Waals surface area contributed by atoms with Gasteiger partial charge in [-0.15, -0.1) is 0 Å². The number of nitro benzene ring substituents is 1. The van der Waals surface area contributed by atoms with Gasteiger partial charge in [0.25, 0.3) is 0 Å². The summed E-state index contributed by atoms with van der Waals surface area (Å²) in [5.74, 6) is -1.18. The molecule has 0 bridgehead atoms. The predicted octanol–water partition coefficient (Wildman–Crippen LogP) is 2.20. The van der Waals surface area contributed by atoms with Crippen LogP contribution >= 0.6 is 0 Å². The maximum absolute atomic E-state index is 13.4. The summed E-state index contributed by atoms with van der Waals surface area (Å²) in [6.07, 6.45) is 0.481. The molecule has 0 saturated carbocycles. The monoisotopic (exact) mass is 290 g/mol. The Bertz CT molecular complexity index is 599. The van der Waals surface area contributed by atoms with E-state index in [0.717, 1.165) is 18.2 Å². The molecule has 0 spiro atoms. The fraction of sp³-hybridized carbons (Fsp3) is 0.455. The lowest BCUT2D eigenvalue weighted by molar-refractivity contribution is -0.390. The Kier molecular flexibility index (Phi) is 4.26. The molecule has 0 saturated heterocycles. The standard InChI is InChI=1S/C11H15FN2O4S/c1-4-11(2,3)13-19(17,18)9-7-5-6-8(12)10(9)14(15)16/h5-7,13H,4H2,1-3H3. The number of nitrogens with zero attached hydrogens (tertiary/aromatic N) is 1. The number of halogens is 1. The van der Waals surface area contributed by atoms with Crippen molar-refractivity contribution in [3.63, 3.8) is 0 Å². The van der Waals surface area contributed by atoms with Gasteiger partial charge in [0.05, 0.1) is 4.92 Å². The summed E-state index contributed by atoms with van der Waals surface area (Å²) in [6.45, 7) is 5.04. The Morgan fingerprint density at radius 1 is 1.42 bits per heavy atom. The summed E-state index contributed by atoms with van der Waals surface area (Å²) >= 11 is 0. The fourth-order valence-corrected chi connectivity index (χ4v) is 3.05. The zero-order valence-electron chi connectivity index (χ0n) is 10.8. The number of para-hydroxylation sites is 1. The topological polar surface area (TPSA) is 89.3 Å². The van der Waals surface area contributed by atoms with Gasteiger partial charge in [0, 0.05) is 5.54 Å². The molecule has 0 aromatic heterocycles. The van der Waals surface area contributed by atoms with Gasteiger partial charge in [-0.2, -0.15) is 4.39 Å². The van der Waals surface area contributed by atoms with Gasteiger partial charge in [0.1, 0.15) is 0 Å². The first-order chi connectivity index (χ1) is 8.60. The van der Waals surface area contributed by atoms with E-state index in [1.165, 1.54) is 0 Å². The largest absolute Gasteiger partial charge is 0.324 e. The van der Waals surface area contributed by atoms with Gasteiger partial charge in [-0.05, 0) is 32.4 Å². The highest BCUT2D eigenvalue weighted by atomic mass is 32.2. The molecule has 0 aliphatic carbocycles. The van der Waals surface area contributed by atoms with Crippen LogP contribution in [0.4, 0.5) is 10.1 Å². The second-order valence-electron chi connectivity index (χ2n) is 4.69. The lowest BCUT2D eigenvalue weighted by atomic mass is 10.0. The van der Waals surface area contributed by atoms with Crippen LogP contribution in [-0.2, 0) is 10.0 Å². The molecule has 1 N–H and O–H groups in total. The second kappa shape index (κ2) is 5.22. The van der Waals surface area contributed by atoms with Crippen LogP contribution in [0.3, 0.4) is 0 Å². The molecule has 0 aliphatic rings. The third-order valence-electron chi connectivity index (χ3n) is 2.72. The summed E-state index contributed by atoms with van der Waals surface area (Å²) in [6, 6.07) is 2.98. The van der Waals surface area contributed by atoms with E-state index in [1.54, 1.807) is 20.8 Å². The summed E-state index contributed by atoms with van der Waals surface area (Å²) < 4.78 is 39.9. The van der Waals surface area contributed by atoms with E-state index < -0.39 is 36.9 Å². The van der Waals surface area contributed by atoms with Crippen molar-refractivity contribution in [2.24, 2.45) is 0 Å². The van der Waals surface area contributed by atoms with Crippen LogP contribution in [0, 0.1) is 15.9 Å². The Balaban J connectivity index is 3.38. The average molecular weight is 290 g/mol. The average Bonchev–Trinajstić information content (AvgIpc) is 2.27. The van der Waals surface area contributed by atoms with Crippen molar-refractivity contribution in [1.82, 2.24) is 4.72 Å². The van der Waals surface area contributed by atoms with Crippen molar-refractivity contribution >= 4 is 15.7 Å². The molecular formula is C11H15FN2O4S. The van der Waals surface area contributed by atoms with Crippen LogP contribution in [0.2, 0.25) is 0 Å². The number of rotatable bonds is 5. The van der Waals surface area contributed by atoms with E-state index >= 15 is 0 Å². The number of hydrogen-bond donors (Lipinski definition) is 1. The van der Waals surface area contributed by atoms with Gasteiger partial charge in [-0.25, -0.2) is 13.1 Å². The highest BCUT2D eigenvalue weighted by Gasteiger charge is 2.32. The third kappa shape index (κ3) is 3.48. The first-order valence-corrected chi connectivity index (χ1v) is 7.06. The Labute approximate surface area is 110 Å². The predicted molar refractivity (Wildman–Crippen MR) is 67.7 cm³/mol. The molecule has 106 valence electrons. The number of nitrogens with one attached hydrogen (secondary N) is 1. The summed E-state index contributed by atoms with van der Waals surface area (Å²) in [7, 11) is -4.16. The zero-order valence-corrected chi connectivity index (χ0v) is 11.6. The molecule has 19 heavy (non-hydrogen) atoms. The minimum atomic E-state index is -4.16. The van der Waals surface area contributed by atoms with E-state index in [0.29, 0.717) is 6.42 Å². The van der Waals surface area contributed by atoms with Crippen LogP contribution in [0.1, 0.15) is 27.2 Å². The number of benzene rings is 1. The van der Waals surface area contributed by atoms with E-state index in [4.69, 9.17) is 0 Å². The van der Waals surface area contributed by atoms with E-state index in [1.807, 2.05) is 0 Å². The molecule has 0 radical (unpaired) electrons. The highest BCUT2D eigenvalue weighted by Crippen LogP contribution is 2.27. The maximum atomic E-state index is 13.4.